The van der Waals surface area contributed by atoms with E-state index in [-0.39, 0.29) is 5.91 Å². The maximum Gasteiger partial charge on any atom is 0.251 e. The summed E-state index contributed by atoms with van der Waals surface area (Å²) in [6, 6.07) is 9.20. The fraction of sp³-hybridized carbons (Fsp3) is 0.500. The van der Waals surface area contributed by atoms with Gasteiger partial charge in [0.25, 0.3) is 5.91 Å². The fourth-order valence-corrected chi connectivity index (χ4v) is 1.48. The van der Waals surface area contributed by atoms with Crippen molar-refractivity contribution in [3.05, 3.63) is 29.8 Å². The number of carbonyl (C=O) groups excluding carboxylic acids is 1. The van der Waals surface area contributed by atoms with Gasteiger partial charge in [-0.1, -0.05) is 13.3 Å². The van der Waals surface area contributed by atoms with E-state index >= 15 is 0 Å². The Kier molecular flexibility index (Phi) is 6.05. The number of rotatable bonds is 7. The van der Waals surface area contributed by atoms with Gasteiger partial charge in [-0.2, -0.15) is 5.26 Å². The van der Waals surface area contributed by atoms with Gasteiger partial charge in [0, 0.05) is 12.1 Å². The van der Waals surface area contributed by atoms with Crippen LogP contribution in [-0.4, -0.2) is 19.1 Å². The first-order chi connectivity index (χ1) is 9.48. The van der Waals surface area contributed by atoms with Crippen molar-refractivity contribution in [2.75, 3.05) is 13.2 Å². The normalized spacial score (nSPS) is 10.7. The third-order valence-corrected chi connectivity index (χ3v) is 2.88. The molecule has 0 fully saturated rings. The number of hydrogen-bond donors (Lipinski definition) is 1. The average Bonchev–Trinajstić information content (AvgIpc) is 2.46. The van der Waals surface area contributed by atoms with Gasteiger partial charge in [-0.05, 0) is 44.5 Å². The van der Waals surface area contributed by atoms with Crippen molar-refractivity contribution in [3.63, 3.8) is 0 Å². The van der Waals surface area contributed by atoms with Crippen molar-refractivity contribution in [2.45, 2.75) is 33.6 Å². The fourth-order valence-electron chi connectivity index (χ4n) is 1.48. The lowest BCUT2D eigenvalue weighted by Crippen LogP contribution is -2.33. The first-order valence-corrected chi connectivity index (χ1v) is 6.91. The van der Waals surface area contributed by atoms with E-state index in [4.69, 9.17) is 10.00 Å². The maximum absolute atomic E-state index is 11.9. The monoisotopic (exact) mass is 274 g/mol. The molecule has 0 bridgehead atoms. The highest BCUT2D eigenvalue weighted by atomic mass is 16.5. The summed E-state index contributed by atoms with van der Waals surface area (Å²) in [5.74, 6) is 0.598. The number of hydrogen-bond acceptors (Lipinski definition) is 3. The molecule has 1 rings (SSSR count). The van der Waals surface area contributed by atoms with Crippen LogP contribution in [0.4, 0.5) is 0 Å². The van der Waals surface area contributed by atoms with Crippen LogP contribution in [-0.2, 0) is 0 Å². The summed E-state index contributed by atoms with van der Waals surface area (Å²) < 4.78 is 5.54. The Morgan fingerprint density at radius 3 is 2.55 bits per heavy atom. The largest absolute Gasteiger partial charge is 0.494 e. The van der Waals surface area contributed by atoms with Gasteiger partial charge in [-0.25, -0.2) is 0 Å². The second-order valence-corrected chi connectivity index (χ2v) is 5.40. The summed E-state index contributed by atoms with van der Waals surface area (Å²) in [5, 5.41) is 11.7. The van der Waals surface area contributed by atoms with Gasteiger partial charge in [0.15, 0.2) is 0 Å². The summed E-state index contributed by atoms with van der Waals surface area (Å²) in [6.45, 7) is 6.71. The van der Waals surface area contributed by atoms with Gasteiger partial charge in [0.2, 0.25) is 0 Å². The molecule has 0 spiro atoms. The Morgan fingerprint density at radius 2 is 2.00 bits per heavy atom. The van der Waals surface area contributed by atoms with Crippen molar-refractivity contribution < 1.29 is 9.53 Å². The van der Waals surface area contributed by atoms with Gasteiger partial charge in [0.05, 0.1) is 18.1 Å². The lowest BCUT2D eigenvalue weighted by Gasteiger charge is -2.15. The molecule has 0 aromatic heterocycles. The first kappa shape index (κ1) is 16.0. The van der Waals surface area contributed by atoms with E-state index < -0.39 is 5.41 Å². The quantitative estimate of drug-likeness (QED) is 0.777. The summed E-state index contributed by atoms with van der Waals surface area (Å²) in [5.41, 5.74) is 0.0142. The van der Waals surface area contributed by atoms with Crippen LogP contribution in [0.3, 0.4) is 0 Å². The zero-order chi connectivity index (χ0) is 15.0. The zero-order valence-corrected chi connectivity index (χ0v) is 12.4. The molecule has 0 aliphatic carbocycles. The Bertz CT molecular complexity index is 472. The van der Waals surface area contributed by atoms with Gasteiger partial charge in [-0.3, -0.25) is 4.79 Å². The van der Waals surface area contributed by atoms with Crippen LogP contribution in [0.15, 0.2) is 24.3 Å². The number of unbranched alkanes of at least 4 members (excludes halogenated alkanes) is 1. The van der Waals surface area contributed by atoms with E-state index in [0.29, 0.717) is 18.7 Å². The van der Waals surface area contributed by atoms with Gasteiger partial charge >= 0.3 is 0 Å². The second kappa shape index (κ2) is 7.54. The van der Waals surface area contributed by atoms with Gasteiger partial charge < -0.3 is 10.1 Å². The van der Waals surface area contributed by atoms with Crippen molar-refractivity contribution in [2.24, 2.45) is 5.41 Å². The van der Waals surface area contributed by atoms with Gasteiger partial charge in [0.1, 0.15) is 5.75 Å². The molecule has 20 heavy (non-hydrogen) atoms. The molecule has 0 radical (unpaired) electrons. The minimum absolute atomic E-state index is 0.173. The van der Waals surface area contributed by atoms with Crippen molar-refractivity contribution in [3.8, 4) is 11.8 Å². The van der Waals surface area contributed by atoms with E-state index in [1.54, 1.807) is 38.1 Å². The highest BCUT2D eigenvalue weighted by Gasteiger charge is 2.18. The molecule has 4 heteroatoms. The molecule has 0 aliphatic rings. The minimum Gasteiger partial charge on any atom is -0.494 e. The number of benzene rings is 1. The second-order valence-electron chi connectivity index (χ2n) is 5.40. The molecule has 0 unspecified atom stereocenters. The number of amides is 1. The third-order valence-electron chi connectivity index (χ3n) is 2.88. The van der Waals surface area contributed by atoms with Crippen molar-refractivity contribution >= 4 is 5.91 Å². The van der Waals surface area contributed by atoms with Crippen LogP contribution in [0.5, 0.6) is 5.75 Å². The Morgan fingerprint density at radius 1 is 1.35 bits per heavy atom. The Balaban J connectivity index is 2.51. The highest BCUT2D eigenvalue weighted by Crippen LogP contribution is 2.14. The van der Waals surface area contributed by atoms with Crippen molar-refractivity contribution in [1.29, 1.82) is 5.26 Å². The summed E-state index contributed by atoms with van der Waals surface area (Å²) in [6.07, 6.45) is 2.11. The maximum atomic E-state index is 11.9. The molecule has 1 N–H and O–H groups in total. The van der Waals surface area contributed by atoms with E-state index in [9.17, 15) is 4.79 Å². The van der Waals surface area contributed by atoms with Crippen LogP contribution >= 0.6 is 0 Å². The number of ether oxygens (including phenoxy) is 1. The predicted octanol–water partition coefficient (Wildman–Crippen LogP) is 3.15. The summed E-state index contributed by atoms with van der Waals surface area (Å²) in [7, 11) is 0. The molecule has 108 valence electrons. The highest BCUT2D eigenvalue weighted by molar-refractivity contribution is 5.94. The first-order valence-electron chi connectivity index (χ1n) is 6.91. The smallest absolute Gasteiger partial charge is 0.251 e. The molecular weight excluding hydrogens is 252 g/mol. The molecule has 4 nitrogen and oxygen atoms in total. The molecule has 1 amide bonds. The SMILES string of the molecule is CCCCOc1ccc(C(=O)NCC(C)(C)C#N)cc1. The standard InChI is InChI=1S/C16H22N2O2/c1-4-5-10-20-14-8-6-13(7-9-14)15(19)18-12-16(2,3)11-17/h6-9H,4-5,10,12H2,1-3H3,(H,18,19). The molecule has 0 heterocycles. The molecule has 1 aromatic rings. The van der Waals surface area contributed by atoms with Crippen LogP contribution < -0.4 is 10.1 Å². The van der Waals surface area contributed by atoms with Crippen LogP contribution in [0.25, 0.3) is 0 Å². The number of nitrogens with one attached hydrogen (secondary N) is 1. The third kappa shape index (κ3) is 5.31. The molecule has 0 saturated carbocycles. The van der Waals surface area contributed by atoms with Crippen LogP contribution in [0, 0.1) is 16.7 Å². The summed E-state index contributed by atoms with van der Waals surface area (Å²) in [4.78, 5) is 11.9. The number of nitriles is 1. The van der Waals surface area contributed by atoms with E-state index in [1.807, 2.05) is 0 Å². The average molecular weight is 274 g/mol. The number of nitrogens with zero attached hydrogens (tertiary/aromatic N) is 1. The van der Waals surface area contributed by atoms with Crippen LogP contribution in [0.1, 0.15) is 44.0 Å². The molecular formula is C16H22N2O2. The minimum atomic E-state index is -0.557. The number of carbonyl (C=O) groups is 1. The molecule has 0 atom stereocenters. The molecule has 0 saturated heterocycles. The summed E-state index contributed by atoms with van der Waals surface area (Å²) >= 11 is 0. The van der Waals surface area contributed by atoms with E-state index in [2.05, 4.69) is 18.3 Å². The van der Waals surface area contributed by atoms with E-state index in [1.165, 1.54) is 0 Å². The molecule has 1 aromatic carbocycles. The zero-order valence-electron chi connectivity index (χ0n) is 12.4. The lowest BCUT2D eigenvalue weighted by molar-refractivity contribution is 0.0943. The predicted molar refractivity (Wildman–Crippen MR) is 78.6 cm³/mol. The van der Waals surface area contributed by atoms with E-state index in [0.717, 1.165) is 18.6 Å². The molecule has 0 aliphatic heterocycles. The van der Waals surface area contributed by atoms with Crippen LogP contribution in [0.2, 0.25) is 0 Å². The lowest BCUT2D eigenvalue weighted by atomic mass is 9.96. The van der Waals surface area contributed by atoms with Crippen molar-refractivity contribution in [1.82, 2.24) is 5.32 Å². The Labute approximate surface area is 120 Å². The van der Waals surface area contributed by atoms with Gasteiger partial charge in [-0.15, -0.1) is 0 Å². The Hall–Kier alpha value is -2.02. The topological polar surface area (TPSA) is 62.1 Å².